The SMILES string of the molecule is CNC1(C)CCN(C(=O)C2=COCCO2)CC1. The van der Waals surface area contributed by atoms with Gasteiger partial charge in [0.05, 0.1) is 0 Å². The summed E-state index contributed by atoms with van der Waals surface area (Å²) in [6.07, 6.45) is 3.35. The van der Waals surface area contributed by atoms with E-state index in [0.29, 0.717) is 19.0 Å². The number of nitrogens with one attached hydrogen (secondary N) is 1. The predicted octanol–water partition coefficient (Wildman–Crippen LogP) is 0.475. The predicted molar refractivity (Wildman–Crippen MR) is 63.3 cm³/mol. The van der Waals surface area contributed by atoms with E-state index < -0.39 is 0 Å². The van der Waals surface area contributed by atoms with E-state index in [-0.39, 0.29) is 11.4 Å². The maximum Gasteiger partial charge on any atom is 0.292 e. The van der Waals surface area contributed by atoms with Crippen LogP contribution in [0.5, 0.6) is 0 Å². The Morgan fingerprint density at radius 1 is 1.41 bits per heavy atom. The molecule has 0 aromatic heterocycles. The summed E-state index contributed by atoms with van der Waals surface area (Å²) in [5.74, 6) is 0.284. The summed E-state index contributed by atoms with van der Waals surface area (Å²) in [5, 5.41) is 3.31. The van der Waals surface area contributed by atoms with Crippen LogP contribution in [-0.2, 0) is 14.3 Å². The Bertz CT molecular complexity index is 320. The molecule has 17 heavy (non-hydrogen) atoms. The lowest BCUT2D eigenvalue weighted by Gasteiger charge is -2.39. The van der Waals surface area contributed by atoms with E-state index in [1.807, 2.05) is 11.9 Å². The molecule has 0 aliphatic carbocycles. The molecule has 5 nitrogen and oxygen atoms in total. The van der Waals surface area contributed by atoms with Crippen LogP contribution < -0.4 is 5.32 Å². The van der Waals surface area contributed by atoms with Crippen LogP contribution in [0.2, 0.25) is 0 Å². The minimum atomic E-state index is -0.0529. The number of ether oxygens (including phenoxy) is 2. The maximum absolute atomic E-state index is 12.1. The number of hydrogen-bond acceptors (Lipinski definition) is 4. The number of hydrogen-bond donors (Lipinski definition) is 1. The van der Waals surface area contributed by atoms with Gasteiger partial charge in [-0.3, -0.25) is 4.79 Å². The van der Waals surface area contributed by atoms with Gasteiger partial charge in [-0.1, -0.05) is 0 Å². The summed E-state index contributed by atoms with van der Waals surface area (Å²) in [5.41, 5.74) is 0.148. The summed E-state index contributed by atoms with van der Waals surface area (Å²) < 4.78 is 10.4. The van der Waals surface area contributed by atoms with Gasteiger partial charge in [-0.05, 0) is 26.8 Å². The van der Waals surface area contributed by atoms with Gasteiger partial charge < -0.3 is 19.7 Å². The number of carbonyl (C=O) groups excluding carboxylic acids is 1. The standard InChI is InChI=1S/C12H20N2O3/c1-12(13-2)3-5-14(6-4-12)11(15)10-9-16-7-8-17-10/h9,13H,3-8H2,1-2H3. The zero-order valence-corrected chi connectivity index (χ0v) is 10.5. The third kappa shape index (κ3) is 2.72. The van der Waals surface area contributed by atoms with Crippen molar-refractivity contribution in [2.75, 3.05) is 33.4 Å². The molecule has 5 heteroatoms. The van der Waals surface area contributed by atoms with E-state index in [2.05, 4.69) is 12.2 Å². The third-order valence-corrected chi connectivity index (χ3v) is 3.62. The van der Waals surface area contributed by atoms with E-state index in [1.165, 1.54) is 6.26 Å². The first-order chi connectivity index (χ1) is 8.14. The van der Waals surface area contributed by atoms with Gasteiger partial charge in [0, 0.05) is 18.6 Å². The van der Waals surface area contributed by atoms with Crippen molar-refractivity contribution in [1.82, 2.24) is 10.2 Å². The van der Waals surface area contributed by atoms with E-state index in [0.717, 1.165) is 25.9 Å². The molecule has 1 N–H and O–H groups in total. The van der Waals surface area contributed by atoms with Crippen LogP contribution in [0.4, 0.5) is 0 Å². The fourth-order valence-electron chi connectivity index (χ4n) is 2.09. The number of rotatable bonds is 2. The molecule has 0 unspecified atom stereocenters. The van der Waals surface area contributed by atoms with Crippen molar-refractivity contribution in [2.45, 2.75) is 25.3 Å². The zero-order chi connectivity index (χ0) is 12.3. The lowest BCUT2D eigenvalue weighted by Crippen LogP contribution is -2.51. The molecule has 2 rings (SSSR count). The van der Waals surface area contributed by atoms with Gasteiger partial charge in [-0.15, -0.1) is 0 Å². The summed E-state index contributed by atoms with van der Waals surface area (Å²) in [4.78, 5) is 13.9. The highest BCUT2D eigenvalue weighted by Gasteiger charge is 2.32. The normalized spacial score (nSPS) is 23.4. The molecule has 0 aromatic rings. The van der Waals surface area contributed by atoms with Crippen LogP contribution in [0.15, 0.2) is 12.0 Å². The zero-order valence-electron chi connectivity index (χ0n) is 10.5. The Kier molecular flexibility index (Phi) is 3.57. The van der Waals surface area contributed by atoms with E-state index in [1.54, 1.807) is 0 Å². The van der Waals surface area contributed by atoms with Crippen molar-refractivity contribution in [3.05, 3.63) is 12.0 Å². The first kappa shape index (κ1) is 12.2. The summed E-state index contributed by atoms with van der Waals surface area (Å²) in [6.45, 7) is 4.69. The minimum absolute atomic E-state index is 0.0529. The average Bonchev–Trinajstić information content (AvgIpc) is 2.40. The van der Waals surface area contributed by atoms with Crippen molar-refractivity contribution in [3.63, 3.8) is 0 Å². The van der Waals surface area contributed by atoms with Crippen molar-refractivity contribution in [3.8, 4) is 0 Å². The molecule has 2 heterocycles. The van der Waals surface area contributed by atoms with Gasteiger partial charge in [0.1, 0.15) is 19.5 Å². The molecule has 1 fully saturated rings. The van der Waals surface area contributed by atoms with Gasteiger partial charge >= 0.3 is 0 Å². The number of nitrogens with zero attached hydrogens (tertiary/aromatic N) is 1. The fourth-order valence-corrected chi connectivity index (χ4v) is 2.09. The summed E-state index contributed by atoms with van der Waals surface area (Å²) in [6, 6.07) is 0. The number of amides is 1. The molecular weight excluding hydrogens is 220 g/mol. The Morgan fingerprint density at radius 3 is 2.65 bits per heavy atom. The fraction of sp³-hybridized carbons (Fsp3) is 0.750. The Balaban J connectivity index is 1.92. The lowest BCUT2D eigenvalue weighted by molar-refractivity contribution is -0.133. The van der Waals surface area contributed by atoms with Crippen molar-refractivity contribution in [2.24, 2.45) is 0 Å². The van der Waals surface area contributed by atoms with Gasteiger partial charge in [0.15, 0.2) is 0 Å². The van der Waals surface area contributed by atoms with Gasteiger partial charge in [-0.2, -0.15) is 0 Å². The molecule has 0 radical (unpaired) electrons. The Morgan fingerprint density at radius 2 is 2.12 bits per heavy atom. The Hall–Kier alpha value is -1.23. The molecule has 0 spiro atoms. The van der Waals surface area contributed by atoms with Crippen molar-refractivity contribution >= 4 is 5.91 Å². The second-order valence-corrected chi connectivity index (χ2v) is 4.80. The highest BCUT2D eigenvalue weighted by atomic mass is 16.6. The second kappa shape index (κ2) is 4.96. The van der Waals surface area contributed by atoms with Crippen LogP contribution in [-0.4, -0.2) is 49.7 Å². The number of likely N-dealkylation sites (tertiary alicyclic amines) is 1. The molecule has 0 atom stereocenters. The highest BCUT2D eigenvalue weighted by Crippen LogP contribution is 2.22. The lowest BCUT2D eigenvalue weighted by atomic mass is 9.90. The maximum atomic E-state index is 12.1. The van der Waals surface area contributed by atoms with Gasteiger partial charge in [0.2, 0.25) is 5.76 Å². The van der Waals surface area contributed by atoms with Crippen LogP contribution in [0.25, 0.3) is 0 Å². The summed E-state index contributed by atoms with van der Waals surface area (Å²) >= 11 is 0. The van der Waals surface area contributed by atoms with E-state index in [9.17, 15) is 4.79 Å². The Labute approximate surface area is 102 Å². The first-order valence-electron chi connectivity index (χ1n) is 6.07. The average molecular weight is 240 g/mol. The molecule has 96 valence electrons. The molecule has 1 amide bonds. The van der Waals surface area contributed by atoms with Gasteiger partial charge in [0.25, 0.3) is 5.91 Å². The molecule has 2 aliphatic heterocycles. The first-order valence-corrected chi connectivity index (χ1v) is 6.07. The third-order valence-electron chi connectivity index (χ3n) is 3.62. The monoisotopic (exact) mass is 240 g/mol. The quantitative estimate of drug-likeness (QED) is 0.762. The summed E-state index contributed by atoms with van der Waals surface area (Å²) in [7, 11) is 1.97. The van der Waals surface area contributed by atoms with Crippen LogP contribution in [0.1, 0.15) is 19.8 Å². The molecule has 2 aliphatic rings. The topological polar surface area (TPSA) is 50.8 Å². The molecule has 0 saturated carbocycles. The van der Waals surface area contributed by atoms with E-state index in [4.69, 9.17) is 9.47 Å². The van der Waals surface area contributed by atoms with Gasteiger partial charge in [-0.25, -0.2) is 0 Å². The number of piperidine rings is 1. The molecule has 0 bridgehead atoms. The molecular formula is C12H20N2O3. The molecule has 0 aromatic carbocycles. The smallest absolute Gasteiger partial charge is 0.292 e. The minimum Gasteiger partial charge on any atom is -0.494 e. The second-order valence-electron chi connectivity index (χ2n) is 4.80. The van der Waals surface area contributed by atoms with Crippen molar-refractivity contribution < 1.29 is 14.3 Å². The highest BCUT2D eigenvalue weighted by molar-refractivity contribution is 5.91. The number of carbonyl (C=O) groups is 1. The van der Waals surface area contributed by atoms with Crippen LogP contribution in [0, 0.1) is 0 Å². The van der Waals surface area contributed by atoms with Crippen LogP contribution >= 0.6 is 0 Å². The molecule has 1 saturated heterocycles. The van der Waals surface area contributed by atoms with Crippen LogP contribution in [0.3, 0.4) is 0 Å². The largest absolute Gasteiger partial charge is 0.494 e. The van der Waals surface area contributed by atoms with Crippen molar-refractivity contribution in [1.29, 1.82) is 0 Å². The van der Waals surface area contributed by atoms with E-state index >= 15 is 0 Å².